The van der Waals surface area contributed by atoms with E-state index in [0.29, 0.717) is 31.8 Å². The Kier molecular flexibility index (Phi) is 6.69. The lowest BCUT2D eigenvalue weighted by Gasteiger charge is -2.26. The molecule has 5 nitrogen and oxygen atoms in total. The van der Waals surface area contributed by atoms with Gasteiger partial charge in [-0.25, -0.2) is 0 Å². The van der Waals surface area contributed by atoms with Crippen molar-refractivity contribution >= 4 is 11.6 Å². The number of carbonyl (C=O) groups excluding carboxylic acids is 1. The van der Waals surface area contributed by atoms with Crippen molar-refractivity contribution < 1.29 is 14.4 Å². The third kappa shape index (κ3) is 5.35. The van der Waals surface area contributed by atoms with Crippen LogP contribution in [-0.4, -0.2) is 36.3 Å². The van der Waals surface area contributed by atoms with Crippen molar-refractivity contribution in [3.63, 3.8) is 0 Å². The first-order valence-electron chi connectivity index (χ1n) is 9.74. The molecule has 28 heavy (non-hydrogen) atoms. The van der Waals surface area contributed by atoms with E-state index in [2.05, 4.69) is 19.0 Å². The van der Waals surface area contributed by atoms with Crippen molar-refractivity contribution in [1.82, 2.24) is 4.90 Å². The van der Waals surface area contributed by atoms with Crippen LogP contribution >= 0.6 is 0 Å². The summed E-state index contributed by atoms with van der Waals surface area (Å²) in [5.41, 5.74) is 3.04. The SMILES string of the molecule is COc1cccc(CN(CC2CC(c3ccccc3)=NO2)C(=O)CC(C)C)c1. The molecule has 0 bridgehead atoms. The zero-order valence-electron chi connectivity index (χ0n) is 16.8. The summed E-state index contributed by atoms with van der Waals surface area (Å²) >= 11 is 0. The quantitative estimate of drug-likeness (QED) is 0.687. The molecule has 0 radical (unpaired) electrons. The van der Waals surface area contributed by atoms with Crippen LogP contribution in [0.3, 0.4) is 0 Å². The second-order valence-corrected chi connectivity index (χ2v) is 7.56. The second-order valence-electron chi connectivity index (χ2n) is 7.56. The highest BCUT2D eigenvalue weighted by molar-refractivity contribution is 6.01. The van der Waals surface area contributed by atoms with Gasteiger partial charge >= 0.3 is 0 Å². The van der Waals surface area contributed by atoms with Gasteiger partial charge in [-0.1, -0.05) is 61.5 Å². The van der Waals surface area contributed by atoms with Gasteiger partial charge in [0.1, 0.15) is 5.75 Å². The summed E-state index contributed by atoms with van der Waals surface area (Å²) in [6.07, 6.45) is 1.09. The minimum Gasteiger partial charge on any atom is -0.497 e. The van der Waals surface area contributed by atoms with E-state index in [1.165, 1.54) is 0 Å². The van der Waals surface area contributed by atoms with Crippen molar-refractivity contribution in [2.24, 2.45) is 11.1 Å². The van der Waals surface area contributed by atoms with Crippen molar-refractivity contribution in [2.75, 3.05) is 13.7 Å². The first kappa shape index (κ1) is 19.9. The molecule has 1 atom stereocenters. The zero-order chi connectivity index (χ0) is 19.9. The largest absolute Gasteiger partial charge is 0.497 e. The Hall–Kier alpha value is -2.82. The summed E-state index contributed by atoms with van der Waals surface area (Å²) < 4.78 is 5.31. The van der Waals surface area contributed by atoms with Gasteiger partial charge in [0.05, 0.1) is 19.4 Å². The van der Waals surface area contributed by atoms with Crippen LogP contribution in [0.2, 0.25) is 0 Å². The fraction of sp³-hybridized carbons (Fsp3) is 0.391. The van der Waals surface area contributed by atoms with Gasteiger partial charge in [0.15, 0.2) is 6.10 Å². The lowest BCUT2D eigenvalue weighted by Crippen LogP contribution is -2.37. The van der Waals surface area contributed by atoms with Crippen molar-refractivity contribution in [3.05, 3.63) is 65.7 Å². The number of benzene rings is 2. The molecule has 1 heterocycles. The maximum atomic E-state index is 12.9. The molecule has 1 unspecified atom stereocenters. The van der Waals surface area contributed by atoms with Gasteiger partial charge < -0.3 is 14.5 Å². The third-order valence-corrected chi connectivity index (χ3v) is 4.71. The summed E-state index contributed by atoms with van der Waals surface area (Å²) in [6, 6.07) is 17.9. The van der Waals surface area contributed by atoms with E-state index < -0.39 is 0 Å². The molecular weight excluding hydrogens is 352 g/mol. The van der Waals surface area contributed by atoms with Gasteiger partial charge in [-0.05, 0) is 29.2 Å². The Balaban J connectivity index is 1.68. The van der Waals surface area contributed by atoms with Crippen LogP contribution in [0, 0.1) is 5.92 Å². The van der Waals surface area contributed by atoms with Gasteiger partial charge in [-0.2, -0.15) is 0 Å². The predicted molar refractivity (Wildman–Crippen MR) is 110 cm³/mol. The summed E-state index contributed by atoms with van der Waals surface area (Å²) in [4.78, 5) is 20.4. The van der Waals surface area contributed by atoms with Gasteiger partial charge in [-0.15, -0.1) is 0 Å². The second kappa shape index (κ2) is 9.40. The molecule has 0 saturated heterocycles. The van der Waals surface area contributed by atoms with Gasteiger partial charge in [0.2, 0.25) is 5.91 Å². The average Bonchev–Trinajstić information content (AvgIpc) is 3.16. The lowest BCUT2D eigenvalue weighted by molar-refractivity contribution is -0.134. The molecule has 0 N–H and O–H groups in total. The van der Waals surface area contributed by atoms with E-state index in [1.807, 2.05) is 59.5 Å². The van der Waals surface area contributed by atoms with Crippen LogP contribution in [0.1, 0.15) is 37.8 Å². The molecule has 148 valence electrons. The van der Waals surface area contributed by atoms with E-state index in [-0.39, 0.29) is 12.0 Å². The van der Waals surface area contributed by atoms with E-state index in [1.54, 1.807) is 7.11 Å². The first-order chi connectivity index (χ1) is 13.5. The van der Waals surface area contributed by atoms with E-state index in [0.717, 1.165) is 22.6 Å². The Labute approximate surface area is 166 Å². The molecule has 2 aromatic rings. The maximum Gasteiger partial charge on any atom is 0.223 e. The van der Waals surface area contributed by atoms with Crippen LogP contribution in [0.25, 0.3) is 0 Å². The highest BCUT2D eigenvalue weighted by Crippen LogP contribution is 2.21. The first-order valence-corrected chi connectivity index (χ1v) is 9.74. The van der Waals surface area contributed by atoms with Crippen LogP contribution in [-0.2, 0) is 16.2 Å². The predicted octanol–water partition coefficient (Wildman–Crippen LogP) is 4.26. The Bertz CT molecular complexity index is 818. The number of hydrogen-bond donors (Lipinski definition) is 0. The van der Waals surface area contributed by atoms with Gasteiger partial charge in [-0.3, -0.25) is 4.79 Å². The number of amides is 1. The monoisotopic (exact) mass is 380 g/mol. The van der Waals surface area contributed by atoms with Crippen LogP contribution in [0.4, 0.5) is 0 Å². The Morgan fingerprint density at radius 2 is 2.00 bits per heavy atom. The number of carbonyl (C=O) groups is 1. The molecule has 1 amide bonds. The van der Waals surface area contributed by atoms with Crippen molar-refractivity contribution in [3.8, 4) is 5.75 Å². The number of oxime groups is 1. The van der Waals surface area contributed by atoms with E-state index in [4.69, 9.17) is 9.57 Å². The molecule has 1 aliphatic rings. The number of rotatable bonds is 8. The number of methoxy groups -OCH3 is 1. The topological polar surface area (TPSA) is 51.1 Å². The van der Waals surface area contributed by atoms with E-state index >= 15 is 0 Å². The third-order valence-electron chi connectivity index (χ3n) is 4.71. The average molecular weight is 380 g/mol. The molecule has 0 spiro atoms. The molecule has 0 aliphatic carbocycles. The van der Waals surface area contributed by atoms with Crippen molar-refractivity contribution in [2.45, 2.75) is 39.3 Å². The van der Waals surface area contributed by atoms with Gasteiger partial charge in [0, 0.05) is 19.4 Å². The molecule has 2 aromatic carbocycles. The number of ether oxygens (including phenoxy) is 1. The van der Waals surface area contributed by atoms with E-state index in [9.17, 15) is 4.79 Å². The molecule has 3 rings (SSSR count). The normalized spacial score (nSPS) is 15.9. The molecular formula is C23H28N2O3. The lowest BCUT2D eigenvalue weighted by atomic mass is 10.0. The maximum absolute atomic E-state index is 12.9. The molecule has 0 aromatic heterocycles. The molecule has 0 saturated carbocycles. The zero-order valence-corrected chi connectivity index (χ0v) is 16.8. The standard InChI is InChI=1S/C23H28N2O3/c1-17(2)12-23(26)25(15-18-8-7-11-20(13-18)27-3)16-21-14-22(24-28-21)19-9-5-4-6-10-19/h4-11,13,17,21H,12,14-16H2,1-3H3. The number of hydrogen-bond acceptors (Lipinski definition) is 4. The Morgan fingerprint density at radius 1 is 1.21 bits per heavy atom. The Morgan fingerprint density at radius 3 is 2.71 bits per heavy atom. The van der Waals surface area contributed by atoms with Crippen LogP contribution in [0.5, 0.6) is 5.75 Å². The van der Waals surface area contributed by atoms with Gasteiger partial charge in [0.25, 0.3) is 0 Å². The summed E-state index contributed by atoms with van der Waals surface area (Å²) in [5.74, 6) is 1.23. The fourth-order valence-corrected chi connectivity index (χ4v) is 3.30. The minimum absolute atomic E-state index is 0.128. The minimum atomic E-state index is -0.128. The highest BCUT2D eigenvalue weighted by atomic mass is 16.6. The summed E-state index contributed by atoms with van der Waals surface area (Å²) in [6.45, 7) is 5.17. The summed E-state index contributed by atoms with van der Waals surface area (Å²) in [5, 5.41) is 4.25. The molecule has 5 heteroatoms. The summed E-state index contributed by atoms with van der Waals surface area (Å²) in [7, 11) is 1.65. The highest BCUT2D eigenvalue weighted by Gasteiger charge is 2.27. The van der Waals surface area contributed by atoms with Crippen LogP contribution in [0.15, 0.2) is 59.8 Å². The molecule has 1 aliphatic heterocycles. The smallest absolute Gasteiger partial charge is 0.223 e. The number of nitrogens with zero attached hydrogens (tertiary/aromatic N) is 2. The van der Waals surface area contributed by atoms with Crippen LogP contribution < -0.4 is 4.74 Å². The fourth-order valence-electron chi connectivity index (χ4n) is 3.30. The molecule has 0 fully saturated rings. The van der Waals surface area contributed by atoms with Crippen molar-refractivity contribution in [1.29, 1.82) is 0 Å².